The van der Waals surface area contributed by atoms with Gasteiger partial charge in [-0.25, -0.2) is 4.98 Å². The minimum absolute atomic E-state index is 0.0448. The van der Waals surface area contributed by atoms with Crippen molar-refractivity contribution in [1.29, 1.82) is 0 Å². The van der Waals surface area contributed by atoms with Gasteiger partial charge in [-0.05, 0) is 38.8 Å². The van der Waals surface area contributed by atoms with Crippen LogP contribution in [0.15, 0.2) is 28.5 Å². The van der Waals surface area contributed by atoms with Crippen LogP contribution < -0.4 is 10.9 Å². The number of nitrogens with one attached hydrogen (secondary N) is 1. The van der Waals surface area contributed by atoms with Crippen molar-refractivity contribution in [2.24, 2.45) is 0 Å². The van der Waals surface area contributed by atoms with E-state index in [9.17, 15) is 9.59 Å². The molecule has 0 saturated heterocycles. The molecule has 0 bridgehead atoms. The highest BCUT2D eigenvalue weighted by Crippen LogP contribution is 2.22. The number of aromatic nitrogens is 2. The van der Waals surface area contributed by atoms with Gasteiger partial charge in [0, 0.05) is 23.0 Å². The summed E-state index contributed by atoms with van der Waals surface area (Å²) in [6.45, 7) is 7.71. The Hall–Kier alpha value is -2.47. The number of anilines is 1. The monoisotopic (exact) mass is 327 g/mol. The van der Waals surface area contributed by atoms with Crippen molar-refractivity contribution in [1.82, 2.24) is 9.38 Å². The van der Waals surface area contributed by atoms with Crippen molar-refractivity contribution < 1.29 is 4.79 Å². The van der Waals surface area contributed by atoms with E-state index in [1.807, 2.05) is 45.2 Å². The first-order valence-electron chi connectivity index (χ1n) is 7.23. The maximum atomic E-state index is 12.5. The number of carbonyl (C=O) groups is 1. The van der Waals surface area contributed by atoms with Gasteiger partial charge < -0.3 is 5.32 Å². The smallest absolute Gasteiger partial charge is 0.271 e. The minimum atomic E-state index is -0.433. The van der Waals surface area contributed by atoms with Gasteiger partial charge in [-0.2, -0.15) is 0 Å². The Kier molecular flexibility index (Phi) is 3.77. The van der Waals surface area contributed by atoms with Crippen LogP contribution in [0.2, 0.25) is 0 Å². The first kappa shape index (κ1) is 15.4. The van der Waals surface area contributed by atoms with E-state index in [0.717, 1.165) is 28.1 Å². The van der Waals surface area contributed by atoms with Crippen LogP contribution in [-0.4, -0.2) is 15.3 Å². The summed E-state index contributed by atoms with van der Waals surface area (Å²) in [6.07, 6.45) is 1.35. The molecule has 23 heavy (non-hydrogen) atoms. The maximum absolute atomic E-state index is 12.5. The molecule has 0 saturated carbocycles. The molecule has 5 nitrogen and oxygen atoms in total. The number of hydrogen-bond acceptors (Lipinski definition) is 4. The molecule has 0 radical (unpaired) electrons. The molecule has 0 unspecified atom stereocenters. The van der Waals surface area contributed by atoms with E-state index in [2.05, 4.69) is 10.3 Å². The Morgan fingerprint density at radius 2 is 1.83 bits per heavy atom. The lowest BCUT2D eigenvalue weighted by atomic mass is 10.0. The SMILES string of the molecule is Cc1cc(C)c(NC(=O)c2cnc3scc(C)n3c2=O)c(C)c1. The lowest BCUT2D eigenvalue weighted by Gasteiger charge is -2.12. The van der Waals surface area contributed by atoms with Gasteiger partial charge in [-0.3, -0.25) is 14.0 Å². The van der Waals surface area contributed by atoms with Gasteiger partial charge in [-0.1, -0.05) is 17.7 Å². The molecule has 2 heterocycles. The summed E-state index contributed by atoms with van der Waals surface area (Å²) in [5.74, 6) is -0.433. The second-order valence-corrected chi connectivity index (χ2v) is 6.54. The third-order valence-electron chi connectivity index (χ3n) is 3.78. The molecule has 3 rings (SSSR count). The zero-order chi connectivity index (χ0) is 16.7. The average Bonchev–Trinajstić information content (AvgIpc) is 2.85. The van der Waals surface area contributed by atoms with Crippen LogP contribution in [-0.2, 0) is 0 Å². The fraction of sp³-hybridized carbons (Fsp3) is 0.235. The first-order chi connectivity index (χ1) is 10.9. The molecule has 1 aromatic carbocycles. The van der Waals surface area contributed by atoms with E-state index < -0.39 is 5.91 Å². The lowest BCUT2D eigenvalue weighted by molar-refractivity contribution is 0.102. The van der Waals surface area contributed by atoms with Gasteiger partial charge in [0.25, 0.3) is 11.5 Å². The van der Waals surface area contributed by atoms with E-state index in [4.69, 9.17) is 0 Å². The summed E-state index contributed by atoms with van der Waals surface area (Å²) in [4.78, 5) is 29.9. The highest BCUT2D eigenvalue weighted by molar-refractivity contribution is 7.15. The molecule has 3 aromatic rings. The number of aryl methyl sites for hydroxylation is 4. The number of nitrogens with zero attached hydrogens (tertiary/aromatic N) is 2. The van der Waals surface area contributed by atoms with E-state index >= 15 is 0 Å². The van der Waals surface area contributed by atoms with E-state index in [1.54, 1.807) is 0 Å². The number of hydrogen-bond donors (Lipinski definition) is 1. The van der Waals surface area contributed by atoms with Gasteiger partial charge in [0.1, 0.15) is 5.56 Å². The van der Waals surface area contributed by atoms with Gasteiger partial charge in [0.05, 0.1) is 0 Å². The normalized spacial score (nSPS) is 11.0. The summed E-state index contributed by atoms with van der Waals surface area (Å²) in [5, 5.41) is 4.70. The van der Waals surface area contributed by atoms with Gasteiger partial charge in [-0.15, -0.1) is 11.3 Å². The molecule has 118 valence electrons. The van der Waals surface area contributed by atoms with Crippen molar-refractivity contribution in [2.45, 2.75) is 27.7 Å². The second kappa shape index (κ2) is 5.62. The molecule has 0 aliphatic carbocycles. The third-order valence-corrected chi connectivity index (χ3v) is 4.73. The van der Waals surface area contributed by atoms with Crippen molar-refractivity contribution in [3.63, 3.8) is 0 Å². The molecule has 1 amide bonds. The number of amides is 1. The molecule has 6 heteroatoms. The molecule has 0 spiro atoms. The van der Waals surface area contributed by atoms with Crippen LogP contribution in [0.1, 0.15) is 32.7 Å². The Morgan fingerprint density at radius 1 is 1.17 bits per heavy atom. The minimum Gasteiger partial charge on any atom is -0.321 e. The average molecular weight is 327 g/mol. The zero-order valence-corrected chi connectivity index (χ0v) is 14.2. The molecule has 0 atom stereocenters. The quantitative estimate of drug-likeness (QED) is 0.786. The summed E-state index contributed by atoms with van der Waals surface area (Å²) in [7, 11) is 0. The molecular weight excluding hydrogens is 310 g/mol. The predicted octanol–water partition coefficient (Wildman–Crippen LogP) is 3.24. The molecule has 0 aliphatic rings. The molecule has 0 fully saturated rings. The predicted molar refractivity (Wildman–Crippen MR) is 92.7 cm³/mol. The third kappa shape index (κ3) is 2.66. The van der Waals surface area contributed by atoms with Crippen LogP contribution >= 0.6 is 11.3 Å². The van der Waals surface area contributed by atoms with Gasteiger partial charge in [0.2, 0.25) is 0 Å². The Bertz CT molecular complexity index is 962. The highest BCUT2D eigenvalue weighted by atomic mass is 32.1. The van der Waals surface area contributed by atoms with Crippen molar-refractivity contribution >= 4 is 27.9 Å². The van der Waals surface area contributed by atoms with E-state index in [0.29, 0.717) is 4.96 Å². The van der Waals surface area contributed by atoms with Crippen molar-refractivity contribution in [2.75, 3.05) is 5.32 Å². The van der Waals surface area contributed by atoms with Crippen LogP contribution in [0.4, 0.5) is 5.69 Å². The van der Waals surface area contributed by atoms with Gasteiger partial charge in [0.15, 0.2) is 4.96 Å². The number of rotatable bonds is 2. The highest BCUT2D eigenvalue weighted by Gasteiger charge is 2.17. The topological polar surface area (TPSA) is 63.5 Å². The molecule has 0 aliphatic heterocycles. The molecular formula is C17H17N3O2S. The van der Waals surface area contributed by atoms with Gasteiger partial charge >= 0.3 is 0 Å². The number of fused-ring (bicyclic) bond motifs is 1. The van der Waals surface area contributed by atoms with E-state index in [1.165, 1.54) is 21.9 Å². The van der Waals surface area contributed by atoms with Crippen LogP contribution in [0.5, 0.6) is 0 Å². The Morgan fingerprint density at radius 3 is 2.48 bits per heavy atom. The number of benzene rings is 1. The van der Waals surface area contributed by atoms with Crippen molar-refractivity contribution in [3.8, 4) is 0 Å². The molecule has 1 N–H and O–H groups in total. The largest absolute Gasteiger partial charge is 0.321 e. The Labute approximate surface area is 137 Å². The number of carbonyl (C=O) groups excluding carboxylic acids is 1. The van der Waals surface area contributed by atoms with Crippen molar-refractivity contribution in [3.05, 3.63) is 62.0 Å². The summed E-state index contributed by atoms with van der Waals surface area (Å²) in [6, 6.07) is 4.00. The molecule has 2 aromatic heterocycles. The summed E-state index contributed by atoms with van der Waals surface area (Å²) >= 11 is 1.38. The second-order valence-electron chi connectivity index (χ2n) is 5.70. The van der Waals surface area contributed by atoms with Crippen LogP contribution in [0.3, 0.4) is 0 Å². The summed E-state index contributed by atoms with van der Waals surface area (Å²) in [5.41, 5.74) is 4.30. The standard InChI is InChI=1S/C17H17N3O2S/c1-9-5-10(2)14(11(3)6-9)19-15(21)13-7-18-17-20(16(13)22)12(4)8-23-17/h5-8H,1-4H3,(H,19,21). The first-order valence-corrected chi connectivity index (χ1v) is 8.11. The fourth-order valence-corrected chi connectivity index (χ4v) is 3.57. The lowest BCUT2D eigenvalue weighted by Crippen LogP contribution is -2.27. The van der Waals surface area contributed by atoms with Crippen LogP contribution in [0, 0.1) is 27.7 Å². The van der Waals surface area contributed by atoms with E-state index in [-0.39, 0.29) is 11.1 Å². The zero-order valence-electron chi connectivity index (χ0n) is 13.4. The Balaban J connectivity index is 2.04. The summed E-state index contributed by atoms with van der Waals surface area (Å²) < 4.78 is 1.47. The fourth-order valence-electron chi connectivity index (χ4n) is 2.74. The van der Waals surface area contributed by atoms with Crippen LogP contribution in [0.25, 0.3) is 4.96 Å². The maximum Gasteiger partial charge on any atom is 0.271 e. The number of thiazole rings is 1.